The normalized spacial score (nSPS) is 38.0. The van der Waals surface area contributed by atoms with Gasteiger partial charge in [-0.25, -0.2) is 4.79 Å². The Hall–Kier alpha value is -0.690. The molecule has 1 rings (SSSR count). The molecular formula is C6H10O6. The van der Waals surface area contributed by atoms with Crippen LogP contribution in [0.5, 0.6) is 0 Å². The summed E-state index contributed by atoms with van der Waals surface area (Å²) >= 11 is 0. The number of hydrogen-bond donors (Lipinski definition) is 4. The molecule has 1 fully saturated rings. The van der Waals surface area contributed by atoms with Crippen LogP contribution in [0.1, 0.15) is 0 Å². The molecule has 1 saturated heterocycles. The van der Waals surface area contributed by atoms with E-state index in [2.05, 4.69) is 4.74 Å². The highest BCUT2D eigenvalue weighted by molar-refractivity contribution is 5.77. The Kier molecular flexibility index (Phi) is 2.63. The van der Waals surface area contributed by atoms with Gasteiger partial charge in [-0.15, -0.1) is 0 Å². The summed E-state index contributed by atoms with van der Waals surface area (Å²) in [5, 5.41) is 35.3. The van der Waals surface area contributed by atoms with Gasteiger partial charge in [-0.05, 0) is 0 Å². The second kappa shape index (κ2) is 3.36. The molecule has 0 radical (unpaired) electrons. The second-order valence-corrected chi connectivity index (χ2v) is 2.59. The third kappa shape index (κ3) is 1.42. The van der Waals surface area contributed by atoms with Gasteiger partial charge in [0.05, 0.1) is 6.61 Å². The van der Waals surface area contributed by atoms with Crippen LogP contribution < -0.4 is 0 Å². The topological polar surface area (TPSA) is 107 Å². The number of ether oxygens (including phenoxy) is 1. The highest BCUT2D eigenvalue weighted by atomic mass is 16.6. The summed E-state index contributed by atoms with van der Waals surface area (Å²) in [4.78, 5) is 10.6. The van der Waals surface area contributed by atoms with Gasteiger partial charge < -0.3 is 25.2 Å². The van der Waals surface area contributed by atoms with Crippen molar-refractivity contribution in [2.75, 3.05) is 6.61 Å². The maximum atomic E-state index is 10.6. The zero-order valence-electron chi connectivity index (χ0n) is 6.12. The molecule has 0 amide bonds. The van der Waals surface area contributed by atoms with E-state index >= 15 is 0 Å². The van der Waals surface area contributed by atoms with E-state index in [9.17, 15) is 4.79 Å². The van der Waals surface area contributed by atoms with E-state index in [-0.39, 0.29) is 0 Å². The molecule has 4 atom stereocenters. The van der Waals surface area contributed by atoms with Crippen LogP contribution in [0.25, 0.3) is 0 Å². The van der Waals surface area contributed by atoms with Crippen molar-refractivity contribution in [3.8, 4) is 0 Å². The Labute approximate surface area is 68.0 Å². The Bertz CT molecular complexity index is 181. The van der Waals surface area contributed by atoms with Crippen molar-refractivity contribution in [1.82, 2.24) is 0 Å². The van der Waals surface area contributed by atoms with Gasteiger partial charge in [0.2, 0.25) is 0 Å². The Morgan fingerprint density at radius 2 is 2.08 bits per heavy atom. The molecule has 12 heavy (non-hydrogen) atoms. The van der Waals surface area contributed by atoms with Gasteiger partial charge in [-0.1, -0.05) is 0 Å². The fourth-order valence-corrected chi connectivity index (χ4v) is 1.00. The van der Waals surface area contributed by atoms with Crippen molar-refractivity contribution < 1.29 is 30.0 Å². The Balaban J connectivity index is 2.64. The fraction of sp³-hybridized carbons (Fsp3) is 0.833. The molecule has 0 saturated carbocycles. The van der Waals surface area contributed by atoms with E-state index in [1.54, 1.807) is 0 Å². The lowest BCUT2D eigenvalue weighted by molar-refractivity contribution is -0.151. The quantitative estimate of drug-likeness (QED) is 0.335. The molecule has 0 aromatic heterocycles. The van der Waals surface area contributed by atoms with Crippen molar-refractivity contribution in [2.45, 2.75) is 24.4 Å². The highest BCUT2D eigenvalue weighted by Gasteiger charge is 2.45. The number of aliphatic hydroxyl groups is 4. The van der Waals surface area contributed by atoms with Crippen LogP contribution in [0.15, 0.2) is 0 Å². The third-order valence-corrected chi connectivity index (χ3v) is 1.72. The molecule has 4 N–H and O–H groups in total. The Morgan fingerprint density at radius 1 is 1.50 bits per heavy atom. The maximum Gasteiger partial charge on any atom is 0.338 e. The van der Waals surface area contributed by atoms with Gasteiger partial charge in [0.25, 0.3) is 0 Å². The van der Waals surface area contributed by atoms with Crippen LogP contribution in [0.3, 0.4) is 0 Å². The third-order valence-electron chi connectivity index (χ3n) is 1.72. The zero-order valence-corrected chi connectivity index (χ0v) is 6.12. The summed E-state index contributed by atoms with van der Waals surface area (Å²) in [5.41, 5.74) is 0. The summed E-state index contributed by atoms with van der Waals surface area (Å²) in [6.07, 6.45) is -5.70. The number of carbonyl (C=O) groups excluding carboxylic acids is 1. The number of carbonyl (C=O) groups is 1. The van der Waals surface area contributed by atoms with Gasteiger partial charge in [0.1, 0.15) is 12.2 Å². The predicted molar refractivity (Wildman–Crippen MR) is 35.0 cm³/mol. The second-order valence-electron chi connectivity index (χ2n) is 2.59. The van der Waals surface area contributed by atoms with Crippen molar-refractivity contribution in [2.24, 2.45) is 0 Å². The van der Waals surface area contributed by atoms with E-state index < -0.39 is 37.0 Å². The lowest BCUT2D eigenvalue weighted by Crippen LogP contribution is -2.40. The molecule has 6 nitrogen and oxygen atoms in total. The molecule has 0 aromatic rings. The summed E-state index contributed by atoms with van der Waals surface area (Å²) in [7, 11) is 0. The van der Waals surface area contributed by atoms with Gasteiger partial charge in [0.15, 0.2) is 12.2 Å². The predicted octanol–water partition coefficient (Wildman–Crippen LogP) is -3.01. The molecular weight excluding hydrogens is 168 g/mol. The minimum atomic E-state index is -1.63. The molecule has 0 spiro atoms. The SMILES string of the molecule is O=C1O[C@@H](C(O)CO)[C@@H](O)[C@H]1O. The smallest absolute Gasteiger partial charge is 0.338 e. The lowest BCUT2D eigenvalue weighted by Gasteiger charge is -2.17. The van der Waals surface area contributed by atoms with Crippen LogP contribution in [0.4, 0.5) is 0 Å². The molecule has 6 heteroatoms. The standard InChI is InChI=1S/C6H10O6/c7-1-2(8)5-3(9)4(10)6(11)12-5/h2-5,7-10H,1H2/t2?,3-,4+,5-/m0/s1. The minimum Gasteiger partial charge on any atom is -0.455 e. The van der Waals surface area contributed by atoms with E-state index in [0.29, 0.717) is 0 Å². The van der Waals surface area contributed by atoms with Crippen molar-refractivity contribution in [3.63, 3.8) is 0 Å². The molecule has 1 heterocycles. The molecule has 0 aliphatic carbocycles. The summed E-state index contributed by atoms with van der Waals surface area (Å²) in [6.45, 7) is -0.637. The first-order valence-corrected chi connectivity index (χ1v) is 3.43. The Morgan fingerprint density at radius 3 is 2.42 bits per heavy atom. The van der Waals surface area contributed by atoms with Gasteiger partial charge in [-0.3, -0.25) is 0 Å². The maximum absolute atomic E-state index is 10.6. The molecule has 0 aromatic carbocycles. The monoisotopic (exact) mass is 178 g/mol. The van der Waals surface area contributed by atoms with E-state index in [1.807, 2.05) is 0 Å². The minimum absolute atomic E-state index is 0.637. The number of esters is 1. The van der Waals surface area contributed by atoms with Crippen molar-refractivity contribution >= 4 is 5.97 Å². The molecule has 0 bridgehead atoms. The first-order chi connectivity index (χ1) is 5.57. The zero-order chi connectivity index (χ0) is 9.30. The van der Waals surface area contributed by atoms with Gasteiger partial charge in [0, 0.05) is 0 Å². The number of rotatable bonds is 2. The van der Waals surface area contributed by atoms with Crippen LogP contribution in [-0.4, -0.2) is 57.4 Å². The van der Waals surface area contributed by atoms with Gasteiger partial charge >= 0.3 is 5.97 Å². The molecule has 1 aliphatic rings. The largest absolute Gasteiger partial charge is 0.455 e. The fourth-order valence-electron chi connectivity index (χ4n) is 1.00. The highest BCUT2D eigenvalue weighted by Crippen LogP contribution is 2.18. The summed E-state index contributed by atoms with van der Waals surface area (Å²) in [5.74, 6) is -0.986. The van der Waals surface area contributed by atoms with Crippen LogP contribution in [0, 0.1) is 0 Å². The molecule has 1 unspecified atom stereocenters. The number of cyclic esters (lactones) is 1. The molecule has 1 aliphatic heterocycles. The van der Waals surface area contributed by atoms with Gasteiger partial charge in [-0.2, -0.15) is 0 Å². The van der Waals surface area contributed by atoms with E-state index in [0.717, 1.165) is 0 Å². The average molecular weight is 178 g/mol. The van der Waals surface area contributed by atoms with Crippen LogP contribution in [-0.2, 0) is 9.53 Å². The van der Waals surface area contributed by atoms with E-state index in [1.165, 1.54) is 0 Å². The first-order valence-electron chi connectivity index (χ1n) is 3.43. The van der Waals surface area contributed by atoms with Crippen LogP contribution in [0.2, 0.25) is 0 Å². The van der Waals surface area contributed by atoms with Crippen molar-refractivity contribution in [1.29, 1.82) is 0 Å². The lowest BCUT2D eigenvalue weighted by atomic mass is 10.1. The van der Waals surface area contributed by atoms with Crippen molar-refractivity contribution in [3.05, 3.63) is 0 Å². The van der Waals surface area contributed by atoms with E-state index in [4.69, 9.17) is 20.4 Å². The number of hydrogen-bond acceptors (Lipinski definition) is 6. The average Bonchev–Trinajstić information content (AvgIpc) is 2.32. The summed E-state index contributed by atoms with van der Waals surface area (Å²) in [6, 6.07) is 0. The first kappa shape index (κ1) is 9.40. The van der Waals surface area contributed by atoms with Crippen LogP contribution >= 0.6 is 0 Å². The molecule has 70 valence electrons. The number of aliphatic hydroxyl groups excluding tert-OH is 4. The summed E-state index contributed by atoms with van der Waals surface area (Å²) < 4.78 is 4.39.